The van der Waals surface area contributed by atoms with E-state index in [0.717, 1.165) is 0 Å². The van der Waals surface area contributed by atoms with E-state index < -0.39 is 5.91 Å². The van der Waals surface area contributed by atoms with Crippen LogP contribution in [0.5, 0.6) is 0 Å². The highest BCUT2D eigenvalue weighted by molar-refractivity contribution is 5.99. The summed E-state index contributed by atoms with van der Waals surface area (Å²) in [6.45, 7) is 5.49. The molecule has 0 aliphatic heterocycles. The van der Waals surface area contributed by atoms with Gasteiger partial charge in [0.15, 0.2) is 0 Å². The molecule has 7 heteroatoms. The molecule has 0 unspecified atom stereocenters. The monoisotopic (exact) mass is 239 g/mol. The highest BCUT2D eigenvalue weighted by Gasteiger charge is 2.16. The molecule has 2 amide bonds. The summed E-state index contributed by atoms with van der Waals surface area (Å²) in [5.41, 5.74) is 5.38. The quantitative estimate of drug-likeness (QED) is 0.576. The number of nitrogens with one attached hydrogen (secondary N) is 3. The molecule has 0 radical (unpaired) electrons. The van der Waals surface area contributed by atoms with Gasteiger partial charge in [-0.2, -0.15) is 5.10 Å². The zero-order chi connectivity index (χ0) is 13.1. The molecule has 0 aliphatic rings. The first-order valence-corrected chi connectivity index (χ1v) is 5.17. The van der Waals surface area contributed by atoms with Crippen molar-refractivity contribution in [1.82, 2.24) is 20.8 Å². The third-order valence-electron chi connectivity index (χ3n) is 1.84. The van der Waals surface area contributed by atoms with Crippen molar-refractivity contribution in [1.29, 1.82) is 0 Å². The number of rotatable bonds is 3. The van der Waals surface area contributed by atoms with E-state index in [4.69, 9.17) is 5.73 Å². The molecule has 0 fully saturated rings. The molecule has 0 saturated carbocycles. The molecule has 1 heterocycles. The van der Waals surface area contributed by atoms with Crippen LogP contribution in [0.3, 0.4) is 0 Å². The fourth-order valence-corrected chi connectivity index (χ4v) is 1.20. The van der Waals surface area contributed by atoms with Crippen molar-refractivity contribution in [2.45, 2.75) is 26.3 Å². The summed E-state index contributed by atoms with van der Waals surface area (Å²) in [6.07, 6.45) is 1.31. The third-order valence-corrected chi connectivity index (χ3v) is 1.84. The van der Waals surface area contributed by atoms with Crippen LogP contribution < -0.4 is 16.4 Å². The number of carbonyl (C=O) groups excluding carboxylic acids is 2. The molecule has 1 aromatic rings. The molecule has 7 nitrogen and oxygen atoms in total. The van der Waals surface area contributed by atoms with Gasteiger partial charge in [0.2, 0.25) is 5.91 Å². The van der Waals surface area contributed by atoms with Crippen LogP contribution in [-0.2, 0) is 4.79 Å². The predicted molar refractivity (Wildman–Crippen MR) is 63.2 cm³/mol. The highest BCUT2D eigenvalue weighted by atomic mass is 16.2. The summed E-state index contributed by atoms with van der Waals surface area (Å²) in [7, 11) is 0. The van der Waals surface area contributed by atoms with Crippen LogP contribution in [0.1, 0.15) is 31.1 Å². The molecule has 5 N–H and O–H groups in total. The van der Waals surface area contributed by atoms with Gasteiger partial charge >= 0.3 is 0 Å². The minimum absolute atomic E-state index is 0.0965. The third kappa shape index (κ3) is 4.13. The number of nitrogens with two attached hydrogens (primary N) is 1. The van der Waals surface area contributed by atoms with E-state index in [1.54, 1.807) is 0 Å². The number of nitrogens with zero attached hydrogens (tertiary/aromatic N) is 1. The van der Waals surface area contributed by atoms with E-state index in [1.165, 1.54) is 6.20 Å². The fourth-order valence-electron chi connectivity index (χ4n) is 1.20. The van der Waals surface area contributed by atoms with E-state index in [0.29, 0.717) is 0 Å². The molecule has 0 saturated heterocycles. The Morgan fingerprint density at radius 2 is 2.12 bits per heavy atom. The van der Waals surface area contributed by atoms with Crippen molar-refractivity contribution in [2.75, 3.05) is 12.3 Å². The average Bonchev–Trinajstić information content (AvgIpc) is 2.58. The van der Waals surface area contributed by atoms with Gasteiger partial charge in [-0.3, -0.25) is 14.7 Å². The molecule has 1 aromatic heterocycles. The van der Waals surface area contributed by atoms with Gasteiger partial charge in [0.1, 0.15) is 11.4 Å². The highest BCUT2D eigenvalue weighted by Crippen LogP contribution is 2.04. The number of H-pyrrole nitrogens is 1. The first kappa shape index (κ1) is 13.0. The first-order chi connectivity index (χ1) is 7.79. The second-order valence-corrected chi connectivity index (χ2v) is 4.68. The van der Waals surface area contributed by atoms with E-state index >= 15 is 0 Å². The Balaban J connectivity index is 2.45. The summed E-state index contributed by atoms with van der Waals surface area (Å²) >= 11 is 0. The topological polar surface area (TPSA) is 113 Å². The number of amides is 2. The second kappa shape index (κ2) is 4.86. The Labute approximate surface area is 99.1 Å². The number of hydrogen-bond donors (Lipinski definition) is 4. The van der Waals surface area contributed by atoms with Crippen molar-refractivity contribution < 1.29 is 9.59 Å². The van der Waals surface area contributed by atoms with Gasteiger partial charge in [0.05, 0.1) is 12.7 Å². The maximum absolute atomic E-state index is 11.6. The zero-order valence-electron chi connectivity index (χ0n) is 10.1. The number of nitrogen functional groups attached to an aromatic ring is 1. The molecule has 0 aliphatic carbocycles. The normalized spacial score (nSPS) is 11.0. The zero-order valence-corrected chi connectivity index (χ0v) is 10.1. The Hall–Kier alpha value is -2.05. The minimum atomic E-state index is -0.430. The maximum Gasteiger partial charge on any atom is 0.257 e. The van der Waals surface area contributed by atoms with Crippen LogP contribution in [0.15, 0.2) is 6.20 Å². The number of aromatic nitrogens is 2. The van der Waals surface area contributed by atoms with Gasteiger partial charge in [-0.1, -0.05) is 0 Å². The molecule has 1 rings (SSSR count). The molecule has 0 atom stereocenters. The molecular weight excluding hydrogens is 222 g/mol. The Morgan fingerprint density at radius 1 is 1.47 bits per heavy atom. The molecule has 94 valence electrons. The van der Waals surface area contributed by atoms with Gasteiger partial charge in [-0.25, -0.2) is 0 Å². The number of hydrogen-bond acceptors (Lipinski definition) is 4. The molecule has 17 heavy (non-hydrogen) atoms. The first-order valence-electron chi connectivity index (χ1n) is 5.17. The van der Waals surface area contributed by atoms with Gasteiger partial charge in [-0.05, 0) is 20.8 Å². The van der Waals surface area contributed by atoms with Crippen LogP contribution in [-0.4, -0.2) is 34.1 Å². The van der Waals surface area contributed by atoms with Crippen LogP contribution >= 0.6 is 0 Å². The lowest BCUT2D eigenvalue weighted by Gasteiger charge is -2.20. The molecule has 0 bridgehead atoms. The Kier molecular flexibility index (Phi) is 3.72. The van der Waals surface area contributed by atoms with E-state index in [-0.39, 0.29) is 29.4 Å². The SMILES string of the molecule is CC(C)(C)NC(=O)CNC(=O)c1cn[nH]c1N. The molecule has 0 aromatic carbocycles. The van der Waals surface area contributed by atoms with Crippen LogP contribution in [0.2, 0.25) is 0 Å². The smallest absolute Gasteiger partial charge is 0.257 e. The van der Waals surface area contributed by atoms with Crippen molar-refractivity contribution in [3.8, 4) is 0 Å². The summed E-state index contributed by atoms with van der Waals surface area (Å²) in [4.78, 5) is 23.0. The number of carbonyl (C=O) groups is 2. The van der Waals surface area contributed by atoms with Crippen molar-refractivity contribution in [3.63, 3.8) is 0 Å². The minimum Gasteiger partial charge on any atom is -0.383 e. The van der Waals surface area contributed by atoms with Crippen molar-refractivity contribution in [3.05, 3.63) is 11.8 Å². The standard InChI is InChI=1S/C10H17N5O2/c1-10(2,3)14-7(16)5-12-9(17)6-4-13-15-8(6)11/h4H,5H2,1-3H3,(H,12,17)(H,14,16)(H3,11,13,15). The predicted octanol–water partition coefficient (Wildman–Crippen LogP) is -0.364. The largest absolute Gasteiger partial charge is 0.383 e. The van der Waals surface area contributed by atoms with Crippen LogP contribution in [0, 0.1) is 0 Å². The Morgan fingerprint density at radius 3 is 2.59 bits per heavy atom. The average molecular weight is 239 g/mol. The van der Waals surface area contributed by atoms with Crippen molar-refractivity contribution in [2.24, 2.45) is 0 Å². The van der Waals surface area contributed by atoms with E-state index in [2.05, 4.69) is 20.8 Å². The second-order valence-electron chi connectivity index (χ2n) is 4.68. The van der Waals surface area contributed by atoms with E-state index in [9.17, 15) is 9.59 Å². The summed E-state index contributed by atoms with van der Waals surface area (Å²) in [5.74, 6) is -0.507. The molecular formula is C10H17N5O2. The van der Waals surface area contributed by atoms with Gasteiger partial charge < -0.3 is 16.4 Å². The van der Waals surface area contributed by atoms with Gasteiger partial charge in [-0.15, -0.1) is 0 Å². The van der Waals surface area contributed by atoms with Crippen LogP contribution in [0.4, 0.5) is 5.82 Å². The summed E-state index contributed by atoms with van der Waals surface area (Å²) < 4.78 is 0. The summed E-state index contributed by atoms with van der Waals surface area (Å²) in [5, 5.41) is 11.2. The van der Waals surface area contributed by atoms with Gasteiger partial charge in [0.25, 0.3) is 5.91 Å². The number of anilines is 1. The van der Waals surface area contributed by atoms with Gasteiger partial charge in [0, 0.05) is 5.54 Å². The number of aromatic amines is 1. The lowest BCUT2D eigenvalue weighted by molar-refractivity contribution is -0.121. The lowest BCUT2D eigenvalue weighted by atomic mass is 10.1. The summed E-state index contributed by atoms with van der Waals surface area (Å²) in [6, 6.07) is 0. The Bertz CT molecular complexity index is 419. The lowest BCUT2D eigenvalue weighted by Crippen LogP contribution is -2.45. The van der Waals surface area contributed by atoms with E-state index in [1.807, 2.05) is 20.8 Å². The van der Waals surface area contributed by atoms with Crippen molar-refractivity contribution >= 4 is 17.6 Å². The molecule has 0 spiro atoms. The fraction of sp³-hybridized carbons (Fsp3) is 0.500. The maximum atomic E-state index is 11.6. The van der Waals surface area contributed by atoms with Crippen LogP contribution in [0.25, 0.3) is 0 Å².